The van der Waals surface area contributed by atoms with E-state index in [0.717, 1.165) is 7.05 Å². The average molecular weight is 307 g/mol. The predicted molar refractivity (Wildman–Crippen MR) is 66.3 cm³/mol. The summed E-state index contributed by atoms with van der Waals surface area (Å²) >= 11 is 0. The lowest BCUT2D eigenvalue weighted by molar-refractivity contribution is -0.134. The summed E-state index contributed by atoms with van der Waals surface area (Å²) in [6.45, 7) is -2.07. The smallest absolute Gasteiger partial charge is 0.384 e. The van der Waals surface area contributed by atoms with Crippen LogP contribution in [0.5, 0.6) is 0 Å². The normalized spacial score (nSPS) is 12.1. The number of benzene rings is 1. The molecule has 0 fully saturated rings. The van der Waals surface area contributed by atoms with Crippen LogP contribution in [0.1, 0.15) is 5.56 Å². The first-order valence-corrected chi connectivity index (χ1v) is 6.84. The lowest BCUT2D eigenvalue weighted by atomic mass is 10.2. The summed E-state index contributed by atoms with van der Waals surface area (Å²) in [4.78, 5) is -0.326. The number of nitrogens with zero attached hydrogens (tertiary/aromatic N) is 1. The summed E-state index contributed by atoms with van der Waals surface area (Å²) in [7, 11) is -3.46. The minimum atomic E-state index is -4.63. The average Bonchev–Trinajstić information content (AvgIpc) is 2.34. The number of hydrogen-bond acceptors (Lipinski definition) is 3. The fraction of sp³-hybridized carbons (Fsp3) is 0.333. The van der Waals surface area contributed by atoms with Crippen LogP contribution in [0, 0.1) is 11.8 Å². The van der Waals surface area contributed by atoms with E-state index in [4.69, 9.17) is 5.11 Å². The number of halogens is 3. The first-order chi connectivity index (χ1) is 9.18. The van der Waals surface area contributed by atoms with Gasteiger partial charge in [-0.05, 0) is 12.1 Å². The molecule has 4 nitrogen and oxygen atoms in total. The van der Waals surface area contributed by atoms with E-state index in [1.54, 1.807) is 0 Å². The Morgan fingerprint density at radius 3 is 2.45 bits per heavy atom. The van der Waals surface area contributed by atoms with Gasteiger partial charge in [-0.3, -0.25) is 0 Å². The Morgan fingerprint density at radius 2 is 1.90 bits per heavy atom. The molecule has 0 aliphatic carbocycles. The third-order valence-corrected chi connectivity index (χ3v) is 4.14. The second kappa shape index (κ2) is 6.26. The molecule has 0 saturated carbocycles. The summed E-state index contributed by atoms with van der Waals surface area (Å²) in [5.74, 6) is 4.66. The zero-order valence-corrected chi connectivity index (χ0v) is 11.3. The van der Waals surface area contributed by atoms with Gasteiger partial charge in [0.25, 0.3) is 0 Å². The Bertz CT molecular complexity index is 629. The molecule has 0 aromatic heterocycles. The van der Waals surface area contributed by atoms with Crippen molar-refractivity contribution in [2.45, 2.75) is 11.1 Å². The molecule has 0 radical (unpaired) electrons. The molecule has 0 spiro atoms. The van der Waals surface area contributed by atoms with Crippen LogP contribution in [0.4, 0.5) is 13.2 Å². The standard InChI is InChI=1S/C12H12F3NO3S/c1-16(9-12(13,14)15)20(18,19)11-7-3-2-5-10(11)6-4-8-17/h2-3,5,7,17H,8-9H2,1H3. The van der Waals surface area contributed by atoms with Gasteiger partial charge in [0.05, 0.1) is 4.90 Å². The zero-order chi connectivity index (χ0) is 15.4. The molecule has 1 N–H and O–H groups in total. The summed E-state index contributed by atoms with van der Waals surface area (Å²) in [6.07, 6.45) is -4.63. The molecule has 0 unspecified atom stereocenters. The van der Waals surface area contributed by atoms with E-state index in [-0.39, 0.29) is 14.8 Å². The van der Waals surface area contributed by atoms with Crippen molar-refractivity contribution in [3.8, 4) is 11.8 Å². The molecule has 1 aromatic rings. The molecule has 0 bridgehead atoms. The molecule has 0 saturated heterocycles. The Morgan fingerprint density at radius 1 is 1.30 bits per heavy atom. The summed E-state index contributed by atoms with van der Waals surface area (Å²) in [5.41, 5.74) is 0.0376. The van der Waals surface area contributed by atoms with E-state index in [1.807, 2.05) is 0 Å². The first kappa shape index (κ1) is 16.5. The van der Waals surface area contributed by atoms with E-state index < -0.39 is 29.4 Å². The van der Waals surface area contributed by atoms with Gasteiger partial charge >= 0.3 is 6.18 Å². The van der Waals surface area contributed by atoms with Gasteiger partial charge < -0.3 is 5.11 Å². The van der Waals surface area contributed by atoms with Crippen LogP contribution >= 0.6 is 0 Å². The van der Waals surface area contributed by atoms with Crippen molar-refractivity contribution in [1.82, 2.24) is 4.31 Å². The molecule has 0 aliphatic rings. The van der Waals surface area contributed by atoms with Gasteiger partial charge in [0.15, 0.2) is 0 Å². The van der Waals surface area contributed by atoms with Gasteiger partial charge in [0, 0.05) is 12.6 Å². The minimum absolute atomic E-state index is 0.0376. The summed E-state index contributed by atoms with van der Waals surface area (Å²) in [6, 6.07) is 5.42. The molecule has 1 aromatic carbocycles. The number of alkyl halides is 3. The Labute approximate surface area is 114 Å². The van der Waals surface area contributed by atoms with Crippen molar-refractivity contribution in [1.29, 1.82) is 0 Å². The second-order valence-electron chi connectivity index (χ2n) is 3.83. The van der Waals surface area contributed by atoms with E-state index in [9.17, 15) is 21.6 Å². The molecule has 0 atom stereocenters. The highest BCUT2D eigenvalue weighted by Crippen LogP contribution is 2.23. The monoisotopic (exact) mass is 307 g/mol. The van der Waals surface area contributed by atoms with Crippen molar-refractivity contribution in [3.63, 3.8) is 0 Å². The van der Waals surface area contributed by atoms with Crippen molar-refractivity contribution < 1.29 is 26.7 Å². The number of aliphatic hydroxyl groups excluding tert-OH is 1. The molecular weight excluding hydrogens is 295 g/mol. The van der Waals surface area contributed by atoms with Gasteiger partial charge in [-0.2, -0.15) is 17.5 Å². The number of aliphatic hydroxyl groups is 1. The quantitative estimate of drug-likeness (QED) is 0.854. The van der Waals surface area contributed by atoms with E-state index >= 15 is 0 Å². The molecule has 0 amide bonds. The van der Waals surface area contributed by atoms with Crippen molar-refractivity contribution in [3.05, 3.63) is 29.8 Å². The van der Waals surface area contributed by atoms with Gasteiger partial charge in [-0.1, -0.05) is 24.0 Å². The van der Waals surface area contributed by atoms with Gasteiger partial charge in [-0.15, -0.1) is 0 Å². The largest absolute Gasteiger partial charge is 0.402 e. The fourth-order valence-corrected chi connectivity index (χ4v) is 2.73. The maximum absolute atomic E-state index is 12.3. The molecule has 8 heteroatoms. The Balaban J connectivity index is 3.22. The molecule has 0 heterocycles. The van der Waals surface area contributed by atoms with Crippen LogP contribution in [0.15, 0.2) is 29.2 Å². The highest BCUT2D eigenvalue weighted by atomic mass is 32.2. The number of sulfonamides is 1. The van der Waals surface area contributed by atoms with Gasteiger partial charge in [0.1, 0.15) is 13.2 Å². The molecule has 110 valence electrons. The van der Waals surface area contributed by atoms with Crippen LogP contribution in [0.3, 0.4) is 0 Å². The number of hydrogen-bond donors (Lipinski definition) is 1. The third-order valence-electron chi connectivity index (χ3n) is 2.28. The van der Waals surface area contributed by atoms with Crippen LogP contribution in [-0.4, -0.2) is 44.2 Å². The van der Waals surface area contributed by atoms with Crippen LogP contribution in [0.2, 0.25) is 0 Å². The topological polar surface area (TPSA) is 57.6 Å². The maximum atomic E-state index is 12.3. The van der Waals surface area contributed by atoms with E-state index in [1.165, 1.54) is 24.3 Å². The van der Waals surface area contributed by atoms with Crippen molar-refractivity contribution in [2.24, 2.45) is 0 Å². The lowest BCUT2D eigenvalue weighted by Crippen LogP contribution is -2.36. The van der Waals surface area contributed by atoms with Gasteiger partial charge in [-0.25, -0.2) is 8.42 Å². The summed E-state index contributed by atoms with van der Waals surface area (Å²) < 4.78 is 61.3. The lowest BCUT2D eigenvalue weighted by Gasteiger charge is -2.19. The SMILES string of the molecule is CN(CC(F)(F)F)S(=O)(=O)c1ccccc1C#CCO. The van der Waals surface area contributed by atoms with E-state index in [0.29, 0.717) is 0 Å². The first-order valence-electron chi connectivity index (χ1n) is 5.40. The van der Waals surface area contributed by atoms with Crippen LogP contribution in [-0.2, 0) is 10.0 Å². The number of rotatable bonds is 3. The third kappa shape index (κ3) is 4.23. The van der Waals surface area contributed by atoms with Crippen molar-refractivity contribution >= 4 is 10.0 Å². The Kier molecular flexibility index (Phi) is 5.16. The second-order valence-corrected chi connectivity index (χ2v) is 5.85. The zero-order valence-electron chi connectivity index (χ0n) is 10.5. The summed E-state index contributed by atoms with van der Waals surface area (Å²) in [5, 5.41) is 8.60. The van der Waals surface area contributed by atoms with Gasteiger partial charge in [0.2, 0.25) is 10.0 Å². The fourth-order valence-electron chi connectivity index (χ4n) is 1.43. The highest BCUT2D eigenvalue weighted by Gasteiger charge is 2.35. The predicted octanol–water partition coefficient (Wildman–Crippen LogP) is 1.21. The van der Waals surface area contributed by atoms with Crippen molar-refractivity contribution in [2.75, 3.05) is 20.2 Å². The van der Waals surface area contributed by atoms with E-state index in [2.05, 4.69) is 11.8 Å². The molecule has 20 heavy (non-hydrogen) atoms. The molecule has 1 rings (SSSR count). The van der Waals surface area contributed by atoms with Crippen LogP contribution < -0.4 is 0 Å². The Hall–Kier alpha value is -1.56. The highest BCUT2D eigenvalue weighted by molar-refractivity contribution is 7.89. The minimum Gasteiger partial charge on any atom is -0.384 e. The molecular formula is C12H12F3NO3S. The maximum Gasteiger partial charge on any atom is 0.402 e. The molecule has 0 aliphatic heterocycles. The van der Waals surface area contributed by atoms with Crippen LogP contribution in [0.25, 0.3) is 0 Å².